The first-order valence-electron chi connectivity index (χ1n) is 5.05. The van der Waals surface area contributed by atoms with E-state index in [1.165, 1.54) is 6.07 Å². The van der Waals surface area contributed by atoms with Gasteiger partial charge in [0.1, 0.15) is 5.82 Å². The van der Waals surface area contributed by atoms with Gasteiger partial charge in [-0.2, -0.15) is 0 Å². The maximum atomic E-state index is 13.3. The molecule has 2 rings (SSSR count). The molecule has 82 valence electrons. The molecule has 1 aromatic rings. The molecule has 0 amide bonds. The largest absolute Gasteiger partial charge is 0.393 e. The highest BCUT2D eigenvalue weighted by Crippen LogP contribution is 2.30. The summed E-state index contributed by atoms with van der Waals surface area (Å²) in [5.41, 5.74) is 0.877. The van der Waals surface area contributed by atoms with Crippen molar-refractivity contribution in [3.05, 3.63) is 28.5 Å². The third-order valence-electron chi connectivity index (χ3n) is 2.74. The van der Waals surface area contributed by atoms with Gasteiger partial charge in [0.2, 0.25) is 0 Å². The summed E-state index contributed by atoms with van der Waals surface area (Å²) in [6, 6.07) is 5.04. The zero-order valence-corrected chi connectivity index (χ0v) is 9.87. The monoisotopic (exact) mass is 273 g/mol. The quantitative estimate of drug-likeness (QED) is 0.850. The predicted octanol–water partition coefficient (Wildman–Crippen LogP) is 2.55. The van der Waals surface area contributed by atoms with E-state index < -0.39 is 0 Å². The van der Waals surface area contributed by atoms with E-state index >= 15 is 0 Å². The van der Waals surface area contributed by atoms with Crippen molar-refractivity contribution >= 4 is 21.6 Å². The summed E-state index contributed by atoms with van der Waals surface area (Å²) in [7, 11) is 0. The van der Waals surface area contributed by atoms with E-state index in [2.05, 4.69) is 20.8 Å². The molecule has 0 atom stereocenters. The van der Waals surface area contributed by atoms with Gasteiger partial charge in [-0.1, -0.05) is 6.07 Å². The minimum atomic E-state index is -0.237. The Hall–Kier alpha value is -0.610. The third-order valence-corrected chi connectivity index (χ3v) is 3.52. The molecule has 1 aliphatic rings. The fraction of sp³-hybridized carbons (Fsp3) is 0.455. The summed E-state index contributed by atoms with van der Waals surface area (Å²) < 4.78 is 13.8. The summed E-state index contributed by atoms with van der Waals surface area (Å²) >= 11 is 3.25. The Labute approximate surface area is 96.8 Å². The first kappa shape index (κ1) is 10.9. The van der Waals surface area contributed by atoms with Gasteiger partial charge in [-0.3, -0.25) is 0 Å². The van der Waals surface area contributed by atoms with Crippen LogP contribution in [0.1, 0.15) is 12.8 Å². The van der Waals surface area contributed by atoms with Crippen LogP contribution in [-0.4, -0.2) is 24.3 Å². The van der Waals surface area contributed by atoms with E-state index in [0.717, 1.165) is 31.6 Å². The maximum Gasteiger partial charge on any atom is 0.139 e. The molecule has 0 aromatic heterocycles. The number of aliphatic hydroxyl groups excluding tert-OH is 1. The Kier molecular flexibility index (Phi) is 3.26. The molecule has 4 heteroatoms. The third kappa shape index (κ3) is 2.32. The van der Waals surface area contributed by atoms with Crippen molar-refractivity contribution < 1.29 is 9.50 Å². The number of aliphatic hydroxyl groups is 1. The number of hydrogen-bond donors (Lipinski definition) is 1. The molecule has 1 saturated heterocycles. The lowest BCUT2D eigenvalue weighted by molar-refractivity contribution is 0.145. The van der Waals surface area contributed by atoms with Crippen molar-refractivity contribution in [2.45, 2.75) is 18.9 Å². The van der Waals surface area contributed by atoms with Crippen LogP contribution in [0.4, 0.5) is 10.1 Å². The van der Waals surface area contributed by atoms with Gasteiger partial charge in [0.15, 0.2) is 0 Å². The van der Waals surface area contributed by atoms with Crippen LogP contribution in [0, 0.1) is 5.82 Å². The van der Waals surface area contributed by atoms with Crippen molar-refractivity contribution in [1.82, 2.24) is 0 Å². The van der Waals surface area contributed by atoms with Gasteiger partial charge >= 0.3 is 0 Å². The molecule has 0 unspecified atom stereocenters. The Morgan fingerprint density at radius 1 is 1.33 bits per heavy atom. The summed E-state index contributed by atoms with van der Waals surface area (Å²) in [6.45, 7) is 1.56. The Morgan fingerprint density at radius 3 is 2.67 bits per heavy atom. The number of hydrogen-bond acceptors (Lipinski definition) is 2. The molecule has 0 saturated carbocycles. The van der Waals surface area contributed by atoms with Gasteiger partial charge in [-0.25, -0.2) is 4.39 Å². The van der Waals surface area contributed by atoms with Crippen LogP contribution in [0.25, 0.3) is 0 Å². The van der Waals surface area contributed by atoms with E-state index in [4.69, 9.17) is 0 Å². The van der Waals surface area contributed by atoms with Crippen LogP contribution in [-0.2, 0) is 0 Å². The summed E-state index contributed by atoms with van der Waals surface area (Å²) in [4.78, 5) is 2.10. The predicted molar refractivity (Wildman–Crippen MR) is 61.6 cm³/mol. The van der Waals surface area contributed by atoms with E-state index in [-0.39, 0.29) is 11.9 Å². The second-order valence-corrected chi connectivity index (χ2v) is 4.58. The van der Waals surface area contributed by atoms with E-state index in [1.807, 2.05) is 6.07 Å². The smallest absolute Gasteiger partial charge is 0.139 e. The van der Waals surface area contributed by atoms with Gasteiger partial charge in [0.05, 0.1) is 16.3 Å². The molecule has 0 spiro atoms. The molecule has 0 radical (unpaired) electrons. The Morgan fingerprint density at radius 2 is 2.00 bits per heavy atom. The SMILES string of the molecule is OC1CCN(c2cccc(F)c2Br)CC1. The Bertz CT molecular complexity index is 350. The topological polar surface area (TPSA) is 23.5 Å². The van der Waals surface area contributed by atoms with Gasteiger partial charge in [0, 0.05) is 13.1 Å². The van der Waals surface area contributed by atoms with Crippen molar-refractivity contribution in [3.63, 3.8) is 0 Å². The first-order valence-corrected chi connectivity index (χ1v) is 5.85. The van der Waals surface area contributed by atoms with E-state index in [1.54, 1.807) is 6.07 Å². The molecule has 0 bridgehead atoms. The average molecular weight is 274 g/mol. The number of benzene rings is 1. The highest BCUT2D eigenvalue weighted by molar-refractivity contribution is 9.10. The molecular formula is C11H13BrFNO. The molecule has 1 N–H and O–H groups in total. The zero-order chi connectivity index (χ0) is 10.8. The number of rotatable bonds is 1. The van der Waals surface area contributed by atoms with Crippen molar-refractivity contribution in [1.29, 1.82) is 0 Å². The number of halogens is 2. The van der Waals surface area contributed by atoms with Crippen LogP contribution in [0.5, 0.6) is 0 Å². The average Bonchev–Trinajstić information content (AvgIpc) is 2.24. The molecule has 15 heavy (non-hydrogen) atoms. The van der Waals surface area contributed by atoms with E-state index in [9.17, 15) is 9.50 Å². The lowest BCUT2D eigenvalue weighted by Crippen LogP contribution is -2.36. The molecule has 1 aromatic carbocycles. The van der Waals surface area contributed by atoms with Gasteiger partial charge < -0.3 is 10.0 Å². The molecule has 2 nitrogen and oxygen atoms in total. The lowest BCUT2D eigenvalue weighted by atomic mass is 10.1. The van der Waals surface area contributed by atoms with Crippen LogP contribution in [0.3, 0.4) is 0 Å². The lowest BCUT2D eigenvalue weighted by Gasteiger charge is -2.32. The fourth-order valence-electron chi connectivity index (χ4n) is 1.84. The molecule has 1 fully saturated rings. The summed E-state index contributed by atoms with van der Waals surface area (Å²) in [5.74, 6) is -0.237. The normalized spacial score (nSPS) is 18.2. The molecule has 0 aliphatic carbocycles. The maximum absolute atomic E-state index is 13.3. The fourth-order valence-corrected chi connectivity index (χ4v) is 2.36. The van der Waals surface area contributed by atoms with E-state index in [0.29, 0.717) is 4.47 Å². The van der Waals surface area contributed by atoms with Crippen molar-refractivity contribution in [2.75, 3.05) is 18.0 Å². The second kappa shape index (κ2) is 4.49. The van der Waals surface area contributed by atoms with Crippen LogP contribution in [0.15, 0.2) is 22.7 Å². The number of piperidine rings is 1. The van der Waals surface area contributed by atoms with Crippen LogP contribution in [0.2, 0.25) is 0 Å². The standard InChI is InChI=1S/C11H13BrFNO/c12-11-9(13)2-1-3-10(11)14-6-4-8(15)5-7-14/h1-3,8,15H,4-7H2. The van der Waals surface area contributed by atoms with Crippen molar-refractivity contribution in [2.24, 2.45) is 0 Å². The van der Waals surface area contributed by atoms with Crippen LogP contribution >= 0.6 is 15.9 Å². The second-order valence-electron chi connectivity index (χ2n) is 3.79. The van der Waals surface area contributed by atoms with Gasteiger partial charge in [0.25, 0.3) is 0 Å². The van der Waals surface area contributed by atoms with Crippen molar-refractivity contribution in [3.8, 4) is 0 Å². The highest BCUT2D eigenvalue weighted by atomic mass is 79.9. The molecular weight excluding hydrogens is 261 g/mol. The zero-order valence-electron chi connectivity index (χ0n) is 8.29. The first-order chi connectivity index (χ1) is 7.18. The number of anilines is 1. The number of nitrogens with zero attached hydrogens (tertiary/aromatic N) is 1. The molecule has 1 heterocycles. The highest BCUT2D eigenvalue weighted by Gasteiger charge is 2.19. The summed E-state index contributed by atoms with van der Waals surface area (Å²) in [6.07, 6.45) is 1.31. The minimum absolute atomic E-state index is 0.200. The minimum Gasteiger partial charge on any atom is -0.393 e. The summed E-state index contributed by atoms with van der Waals surface area (Å²) in [5, 5.41) is 9.39. The van der Waals surface area contributed by atoms with Crippen LogP contribution < -0.4 is 4.90 Å². The molecule has 1 aliphatic heterocycles. The van der Waals surface area contributed by atoms with Gasteiger partial charge in [-0.15, -0.1) is 0 Å². The van der Waals surface area contributed by atoms with Gasteiger partial charge in [-0.05, 0) is 40.9 Å². The Balaban J connectivity index is 2.19.